The van der Waals surface area contributed by atoms with Gasteiger partial charge in [-0.2, -0.15) is 5.10 Å². The first-order valence-corrected chi connectivity index (χ1v) is 7.82. The lowest BCUT2D eigenvalue weighted by molar-refractivity contribution is 0.0955. The molecule has 0 fully saturated rings. The van der Waals surface area contributed by atoms with Crippen LogP contribution in [0.1, 0.15) is 36.2 Å². The van der Waals surface area contributed by atoms with Gasteiger partial charge in [-0.3, -0.25) is 4.79 Å². The first-order valence-electron chi connectivity index (χ1n) is 7.44. The van der Waals surface area contributed by atoms with Crippen LogP contribution in [0.4, 0.5) is 0 Å². The van der Waals surface area contributed by atoms with Crippen LogP contribution in [0.25, 0.3) is 0 Å². The quantitative estimate of drug-likeness (QED) is 0.634. The zero-order valence-electron chi connectivity index (χ0n) is 13.1. The molecule has 0 aliphatic rings. The lowest BCUT2D eigenvalue weighted by Crippen LogP contribution is -2.17. The molecule has 0 saturated heterocycles. The standard InChI is InChI=1S/C18H19ClN2O2/c1-3-13(2)23-17-7-5-4-6-15(17)12-20-21-18(22)14-8-10-16(19)11-9-14/h4-13H,3H2,1-2H3,(H,21,22)/b20-12-/t13-/m0/s1. The zero-order chi connectivity index (χ0) is 16.7. The second-order valence-electron chi connectivity index (χ2n) is 5.08. The number of amides is 1. The summed E-state index contributed by atoms with van der Waals surface area (Å²) in [6.07, 6.45) is 2.61. The van der Waals surface area contributed by atoms with E-state index in [1.54, 1.807) is 30.5 Å². The normalized spacial score (nSPS) is 12.1. The van der Waals surface area contributed by atoms with Crippen molar-refractivity contribution in [2.45, 2.75) is 26.4 Å². The van der Waals surface area contributed by atoms with Crippen molar-refractivity contribution in [3.8, 4) is 5.75 Å². The maximum atomic E-state index is 12.0. The van der Waals surface area contributed by atoms with E-state index in [-0.39, 0.29) is 12.0 Å². The summed E-state index contributed by atoms with van der Waals surface area (Å²) in [5.74, 6) is 0.449. The van der Waals surface area contributed by atoms with E-state index in [0.717, 1.165) is 17.7 Å². The molecule has 2 aromatic rings. The van der Waals surface area contributed by atoms with Gasteiger partial charge in [0.1, 0.15) is 5.75 Å². The Labute approximate surface area is 141 Å². The lowest BCUT2D eigenvalue weighted by atomic mass is 10.2. The number of para-hydroxylation sites is 1. The van der Waals surface area contributed by atoms with Gasteiger partial charge in [0.05, 0.1) is 12.3 Å². The molecule has 0 unspecified atom stereocenters. The van der Waals surface area contributed by atoms with Crippen LogP contribution in [0, 0.1) is 0 Å². The van der Waals surface area contributed by atoms with Gasteiger partial charge in [0.15, 0.2) is 0 Å². The van der Waals surface area contributed by atoms with Gasteiger partial charge in [0.25, 0.3) is 5.91 Å². The van der Waals surface area contributed by atoms with Gasteiger partial charge in [-0.15, -0.1) is 0 Å². The van der Waals surface area contributed by atoms with Crippen molar-refractivity contribution in [1.82, 2.24) is 5.43 Å². The molecule has 0 heterocycles. The Balaban J connectivity index is 2.03. The Kier molecular flexibility index (Phi) is 6.18. The summed E-state index contributed by atoms with van der Waals surface area (Å²) in [6, 6.07) is 14.2. The average molecular weight is 331 g/mol. The molecule has 23 heavy (non-hydrogen) atoms. The van der Waals surface area contributed by atoms with Crippen LogP contribution in [-0.4, -0.2) is 18.2 Å². The molecular formula is C18H19ClN2O2. The molecule has 0 aromatic heterocycles. The number of rotatable bonds is 6. The van der Waals surface area contributed by atoms with E-state index in [4.69, 9.17) is 16.3 Å². The number of carbonyl (C=O) groups is 1. The minimum absolute atomic E-state index is 0.119. The van der Waals surface area contributed by atoms with Crippen LogP contribution in [0.2, 0.25) is 5.02 Å². The number of benzene rings is 2. The molecule has 120 valence electrons. The molecule has 1 amide bonds. The predicted molar refractivity (Wildman–Crippen MR) is 93.3 cm³/mol. The molecule has 5 heteroatoms. The number of nitrogens with one attached hydrogen (secondary N) is 1. The van der Waals surface area contributed by atoms with Gasteiger partial charge in [-0.1, -0.05) is 30.7 Å². The second kappa shape index (κ2) is 8.34. The SMILES string of the molecule is CC[C@H](C)Oc1ccccc1/C=N\NC(=O)c1ccc(Cl)cc1. The fraction of sp³-hybridized carbons (Fsp3) is 0.222. The third kappa shape index (κ3) is 5.11. The minimum atomic E-state index is -0.293. The predicted octanol–water partition coefficient (Wildman–Crippen LogP) is 4.28. The Morgan fingerprint density at radius 1 is 1.26 bits per heavy atom. The number of carbonyl (C=O) groups excluding carboxylic acids is 1. The van der Waals surface area contributed by atoms with Crippen LogP contribution >= 0.6 is 11.6 Å². The van der Waals surface area contributed by atoms with E-state index in [1.165, 1.54) is 0 Å². The fourth-order valence-electron chi connectivity index (χ4n) is 1.82. The molecule has 2 rings (SSSR count). The fourth-order valence-corrected chi connectivity index (χ4v) is 1.95. The first-order chi connectivity index (χ1) is 11.1. The molecule has 0 bridgehead atoms. The molecule has 1 atom stereocenters. The highest BCUT2D eigenvalue weighted by Crippen LogP contribution is 2.18. The Bertz CT molecular complexity index is 684. The number of hydrogen-bond acceptors (Lipinski definition) is 3. The maximum Gasteiger partial charge on any atom is 0.271 e. The third-order valence-corrected chi connectivity index (χ3v) is 3.55. The second-order valence-corrected chi connectivity index (χ2v) is 5.52. The molecule has 1 N–H and O–H groups in total. The van der Waals surface area contributed by atoms with E-state index < -0.39 is 0 Å². The Morgan fingerprint density at radius 2 is 1.96 bits per heavy atom. The summed E-state index contributed by atoms with van der Waals surface area (Å²) in [4.78, 5) is 12.0. The van der Waals surface area contributed by atoms with Crippen LogP contribution in [0.15, 0.2) is 53.6 Å². The Morgan fingerprint density at radius 3 is 2.65 bits per heavy atom. The molecule has 0 radical (unpaired) electrons. The summed E-state index contributed by atoms with van der Waals surface area (Å²) in [6.45, 7) is 4.07. The van der Waals surface area contributed by atoms with Crippen LogP contribution in [0.3, 0.4) is 0 Å². The number of hydrogen-bond donors (Lipinski definition) is 1. The first kappa shape index (κ1) is 17.0. The largest absolute Gasteiger partial charge is 0.490 e. The van der Waals surface area contributed by atoms with Gasteiger partial charge in [-0.05, 0) is 49.7 Å². The van der Waals surface area contributed by atoms with Crippen molar-refractivity contribution in [1.29, 1.82) is 0 Å². The lowest BCUT2D eigenvalue weighted by Gasteiger charge is -2.14. The van der Waals surface area contributed by atoms with Gasteiger partial charge < -0.3 is 4.74 Å². The van der Waals surface area contributed by atoms with Crippen LogP contribution in [0.5, 0.6) is 5.75 Å². The van der Waals surface area contributed by atoms with Gasteiger partial charge in [0, 0.05) is 16.1 Å². The minimum Gasteiger partial charge on any atom is -0.490 e. The van der Waals surface area contributed by atoms with E-state index in [9.17, 15) is 4.79 Å². The maximum absolute atomic E-state index is 12.0. The number of hydrazone groups is 1. The highest BCUT2D eigenvalue weighted by atomic mass is 35.5. The summed E-state index contributed by atoms with van der Waals surface area (Å²) in [5.41, 5.74) is 3.80. The van der Waals surface area contributed by atoms with Gasteiger partial charge >= 0.3 is 0 Å². The molecule has 0 saturated carbocycles. The number of nitrogens with zero attached hydrogens (tertiary/aromatic N) is 1. The van der Waals surface area contributed by atoms with Gasteiger partial charge in [0.2, 0.25) is 0 Å². The molecule has 0 aliphatic heterocycles. The number of ether oxygens (including phenoxy) is 1. The van der Waals surface area contributed by atoms with Gasteiger partial charge in [-0.25, -0.2) is 5.43 Å². The van der Waals surface area contributed by atoms with Crippen LogP contribution < -0.4 is 10.2 Å². The molecule has 2 aromatic carbocycles. The average Bonchev–Trinajstić information content (AvgIpc) is 2.56. The van der Waals surface area contributed by atoms with Crippen LogP contribution in [-0.2, 0) is 0 Å². The summed E-state index contributed by atoms with van der Waals surface area (Å²) >= 11 is 5.80. The van der Waals surface area contributed by atoms with E-state index in [2.05, 4.69) is 17.5 Å². The van der Waals surface area contributed by atoms with E-state index >= 15 is 0 Å². The summed E-state index contributed by atoms with van der Waals surface area (Å²) < 4.78 is 5.83. The van der Waals surface area contributed by atoms with Crippen molar-refractivity contribution in [2.24, 2.45) is 5.10 Å². The highest BCUT2D eigenvalue weighted by Gasteiger charge is 2.06. The summed E-state index contributed by atoms with van der Waals surface area (Å²) in [7, 11) is 0. The topological polar surface area (TPSA) is 50.7 Å². The monoisotopic (exact) mass is 330 g/mol. The smallest absolute Gasteiger partial charge is 0.271 e. The molecule has 4 nitrogen and oxygen atoms in total. The van der Waals surface area contributed by atoms with E-state index in [1.807, 2.05) is 31.2 Å². The van der Waals surface area contributed by atoms with Crippen molar-refractivity contribution < 1.29 is 9.53 Å². The zero-order valence-corrected chi connectivity index (χ0v) is 13.9. The molecule has 0 aliphatic carbocycles. The third-order valence-electron chi connectivity index (χ3n) is 3.30. The molecule has 0 spiro atoms. The Hall–Kier alpha value is -2.33. The number of halogens is 1. The van der Waals surface area contributed by atoms with Crippen molar-refractivity contribution in [2.75, 3.05) is 0 Å². The van der Waals surface area contributed by atoms with Crippen molar-refractivity contribution in [3.05, 3.63) is 64.7 Å². The van der Waals surface area contributed by atoms with Crippen molar-refractivity contribution >= 4 is 23.7 Å². The van der Waals surface area contributed by atoms with E-state index in [0.29, 0.717) is 10.6 Å². The summed E-state index contributed by atoms with van der Waals surface area (Å²) in [5, 5.41) is 4.58. The van der Waals surface area contributed by atoms with Crippen molar-refractivity contribution in [3.63, 3.8) is 0 Å². The molecular weight excluding hydrogens is 312 g/mol. The highest BCUT2D eigenvalue weighted by molar-refractivity contribution is 6.30.